The molecule has 0 atom stereocenters. The normalized spacial score (nSPS) is 9.89. The van der Waals surface area contributed by atoms with Crippen LogP contribution in [0, 0.1) is 15.5 Å². The second-order valence-electron chi connectivity index (χ2n) is 2.83. The lowest BCUT2D eigenvalue weighted by Gasteiger charge is -2.02. The van der Waals surface area contributed by atoms with Crippen molar-refractivity contribution in [3.05, 3.63) is 37.9 Å². The molecule has 0 amide bonds. The lowest BCUT2D eigenvalue weighted by atomic mass is 10.2. The third-order valence-electron chi connectivity index (χ3n) is 1.68. The maximum absolute atomic E-state index is 10.6. The van der Waals surface area contributed by atoms with Crippen molar-refractivity contribution in [3.8, 4) is 0 Å². The molecule has 0 aliphatic heterocycles. The van der Waals surface area contributed by atoms with E-state index in [0.717, 1.165) is 6.21 Å². The second-order valence-corrected chi connectivity index (χ2v) is 3.62. The van der Waals surface area contributed by atoms with Crippen LogP contribution in [0.1, 0.15) is 5.56 Å². The summed E-state index contributed by atoms with van der Waals surface area (Å²) in [5.74, 6) is -0.376. The molecule has 0 spiro atoms. The van der Waals surface area contributed by atoms with Crippen molar-refractivity contribution in [2.24, 2.45) is 10.8 Å². The van der Waals surface area contributed by atoms with E-state index in [1.807, 2.05) is 0 Å². The zero-order chi connectivity index (χ0) is 13.0. The van der Waals surface area contributed by atoms with E-state index in [4.69, 9.17) is 34.3 Å². The van der Waals surface area contributed by atoms with E-state index in [2.05, 4.69) is 10.5 Å². The molecule has 0 saturated carbocycles. The number of halogens is 3. The summed E-state index contributed by atoms with van der Waals surface area (Å²) < 4.78 is 0. The van der Waals surface area contributed by atoms with Crippen LogP contribution in [-0.2, 0) is 0 Å². The second kappa shape index (κ2) is 7.00. The molecule has 0 aromatic heterocycles. The molecular formula is C8H8Cl3N5O2. The fraction of sp³-hybridized carbons (Fsp3) is 0. The number of hydrogen-bond donors (Lipinski definition) is 3. The topological polar surface area (TPSA) is 117 Å². The maximum atomic E-state index is 10.6. The Balaban J connectivity index is 0.00000289. The van der Waals surface area contributed by atoms with Gasteiger partial charge < -0.3 is 5.73 Å². The third-order valence-corrected chi connectivity index (χ3v) is 2.41. The predicted octanol–water partition coefficient (Wildman–Crippen LogP) is 2.14. The van der Waals surface area contributed by atoms with Crippen molar-refractivity contribution < 1.29 is 4.92 Å². The predicted molar refractivity (Wildman–Crippen MR) is 73.0 cm³/mol. The van der Waals surface area contributed by atoms with Gasteiger partial charge in [-0.1, -0.05) is 23.2 Å². The molecule has 18 heavy (non-hydrogen) atoms. The molecule has 98 valence electrons. The fourth-order valence-corrected chi connectivity index (χ4v) is 1.52. The van der Waals surface area contributed by atoms with Crippen LogP contribution in [-0.4, -0.2) is 17.1 Å². The molecule has 4 N–H and O–H groups in total. The summed E-state index contributed by atoms with van der Waals surface area (Å²) in [5, 5.41) is 21.1. The highest BCUT2D eigenvalue weighted by atomic mass is 35.5. The van der Waals surface area contributed by atoms with Crippen LogP contribution in [0.3, 0.4) is 0 Å². The summed E-state index contributed by atoms with van der Waals surface area (Å²) in [5.41, 5.74) is 7.04. The Kier molecular flexibility index (Phi) is 6.39. The molecule has 0 bridgehead atoms. The van der Waals surface area contributed by atoms with Gasteiger partial charge in [0.25, 0.3) is 5.69 Å². The number of hydrogen-bond acceptors (Lipinski definition) is 4. The van der Waals surface area contributed by atoms with Gasteiger partial charge in [0.05, 0.1) is 16.2 Å². The van der Waals surface area contributed by atoms with Crippen molar-refractivity contribution in [2.75, 3.05) is 0 Å². The molecule has 1 aromatic rings. The molecule has 0 aliphatic rings. The van der Waals surface area contributed by atoms with E-state index < -0.39 is 4.92 Å². The lowest BCUT2D eigenvalue weighted by molar-refractivity contribution is -0.384. The van der Waals surface area contributed by atoms with Gasteiger partial charge in [0.2, 0.25) is 5.96 Å². The molecule has 0 radical (unpaired) electrons. The minimum atomic E-state index is -0.631. The summed E-state index contributed by atoms with van der Waals surface area (Å²) in [4.78, 5) is 10.0. The molecular weight excluding hydrogens is 304 g/mol. The first kappa shape index (κ1) is 16.4. The summed E-state index contributed by atoms with van der Waals surface area (Å²) in [6.45, 7) is 0. The zero-order valence-electron chi connectivity index (χ0n) is 8.68. The van der Waals surface area contributed by atoms with Gasteiger partial charge in [-0.2, -0.15) is 5.10 Å². The minimum Gasteiger partial charge on any atom is -0.369 e. The van der Waals surface area contributed by atoms with Gasteiger partial charge in [0.1, 0.15) is 5.02 Å². The molecule has 0 saturated heterocycles. The van der Waals surface area contributed by atoms with Crippen LogP contribution in [0.4, 0.5) is 5.69 Å². The van der Waals surface area contributed by atoms with Gasteiger partial charge in [-0.3, -0.25) is 15.5 Å². The molecule has 0 fully saturated rings. The summed E-state index contributed by atoms with van der Waals surface area (Å²) in [6.07, 6.45) is 1.15. The van der Waals surface area contributed by atoms with Crippen LogP contribution in [0.15, 0.2) is 17.2 Å². The number of guanidine groups is 1. The van der Waals surface area contributed by atoms with Gasteiger partial charge in [-0.05, 0) is 6.07 Å². The number of rotatable bonds is 3. The van der Waals surface area contributed by atoms with E-state index in [0.29, 0.717) is 0 Å². The van der Waals surface area contributed by atoms with E-state index in [9.17, 15) is 10.1 Å². The van der Waals surface area contributed by atoms with Crippen molar-refractivity contribution in [1.29, 1.82) is 5.41 Å². The SMILES string of the molecule is Cl.N=C(N)N/N=C/c1c(Cl)ccc([N+](=O)[O-])c1Cl. The Morgan fingerprint density at radius 2 is 2.17 bits per heavy atom. The van der Waals surface area contributed by atoms with Gasteiger partial charge >= 0.3 is 0 Å². The van der Waals surface area contributed by atoms with Gasteiger partial charge in [0.15, 0.2) is 0 Å². The molecule has 1 rings (SSSR count). The highest BCUT2D eigenvalue weighted by Crippen LogP contribution is 2.31. The summed E-state index contributed by atoms with van der Waals surface area (Å²) in [7, 11) is 0. The highest BCUT2D eigenvalue weighted by molar-refractivity contribution is 6.40. The lowest BCUT2D eigenvalue weighted by Crippen LogP contribution is -2.25. The Labute approximate surface area is 118 Å². The Morgan fingerprint density at radius 3 is 2.67 bits per heavy atom. The first-order valence-corrected chi connectivity index (χ1v) is 4.94. The molecule has 0 unspecified atom stereocenters. The van der Waals surface area contributed by atoms with E-state index in [1.165, 1.54) is 12.1 Å². The first-order chi connectivity index (χ1) is 7.93. The molecule has 0 aliphatic carbocycles. The average Bonchev–Trinajstić information content (AvgIpc) is 2.21. The average molecular weight is 313 g/mol. The fourth-order valence-electron chi connectivity index (χ4n) is 0.984. The Bertz CT molecular complexity index is 506. The van der Waals surface area contributed by atoms with E-state index >= 15 is 0 Å². The maximum Gasteiger partial charge on any atom is 0.288 e. The van der Waals surface area contributed by atoms with E-state index in [-0.39, 0.29) is 39.7 Å². The highest BCUT2D eigenvalue weighted by Gasteiger charge is 2.17. The van der Waals surface area contributed by atoms with Gasteiger partial charge in [0, 0.05) is 11.6 Å². The number of benzene rings is 1. The summed E-state index contributed by atoms with van der Waals surface area (Å²) in [6, 6.07) is 2.53. The largest absolute Gasteiger partial charge is 0.369 e. The molecule has 7 nitrogen and oxygen atoms in total. The van der Waals surface area contributed by atoms with Crippen LogP contribution in [0.5, 0.6) is 0 Å². The third kappa shape index (κ3) is 4.02. The number of hydrazone groups is 1. The number of nitrogens with one attached hydrogen (secondary N) is 2. The van der Waals surface area contributed by atoms with Crippen LogP contribution in [0.2, 0.25) is 10.0 Å². The van der Waals surface area contributed by atoms with E-state index in [1.54, 1.807) is 0 Å². The molecule has 10 heteroatoms. The van der Waals surface area contributed by atoms with Crippen molar-refractivity contribution in [1.82, 2.24) is 5.43 Å². The number of nitrogens with two attached hydrogens (primary N) is 1. The first-order valence-electron chi connectivity index (χ1n) is 4.19. The quantitative estimate of drug-likeness (QED) is 0.343. The number of nitrogens with zero attached hydrogens (tertiary/aromatic N) is 2. The number of nitro groups is 1. The van der Waals surface area contributed by atoms with Crippen LogP contribution in [0.25, 0.3) is 0 Å². The van der Waals surface area contributed by atoms with Crippen LogP contribution >= 0.6 is 35.6 Å². The standard InChI is InChI=1S/C8H7Cl2N5O2.ClH/c9-5-1-2-6(15(16)17)7(10)4(5)3-13-14-8(11)12;/h1-3H,(H4,11,12,14);1H/b13-3+;. The monoisotopic (exact) mass is 311 g/mol. The molecule has 0 heterocycles. The van der Waals surface area contributed by atoms with Gasteiger partial charge in [-0.15, -0.1) is 12.4 Å². The zero-order valence-corrected chi connectivity index (χ0v) is 11.0. The van der Waals surface area contributed by atoms with Crippen molar-refractivity contribution in [2.45, 2.75) is 0 Å². The Hall–Kier alpha value is -1.57. The molecule has 1 aromatic carbocycles. The number of nitro benzene ring substituents is 1. The van der Waals surface area contributed by atoms with Gasteiger partial charge in [-0.25, -0.2) is 5.43 Å². The Morgan fingerprint density at radius 1 is 1.56 bits per heavy atom. The minimum absolute atomic E-state index is 0. The summed E-state index contributed by atoms with van der Waals surface area (Å²) >= 11 is 11.6. The smallest absolute Gasteiger partial charge is 0.288 e. The van der Waals surface area contributed by atoms with Crippen LogP contribution < -0.4 is 11.2 Å². The van der Waals surface area contributed by atoms with Crippen molar-refractivity contribution >= 4 is 53.5 Å². The van der Waals surface area contributed by atoms with Crippen molar-refractivity contribution in [3.63, 3.8) is 0 Å².